The number of carbonyl (C=O) groups is 1. The summed E-state index contributed by atoms with van der Waals surface area (Å²) in [6.45, 7) is 1.35. The van der Waals surface area contributed by atoms with Crippen LogP contribution in [0, 0.1) is 10.1 Å². The fourth-order valence-corrected chi connectivity index (χ4v) is 2.44. The summed E-state index contributed by atoms with van der Waals surface area (Å²) < 4.78 is 10.6. The predicted molar refractivity (Wildman–Crippen MR) is 80.2 cm³/mol. The Balaban J connectivity index is 2.01. The Bertz CT molecular complexity index is 539. The summed E-state index contributed by atoms with van der Waals surface area (Å²) in [4.78, 5) is 24.3. The number of carbonyl (C=O) groups excluding carboxylic acids is 1. The normalized spacial score (nSPS) is 15.0. The zero-order valence-electron chi connectivity index (χ0n) is 12.6. The molecular formula is C15H20N2O5. The van der Waals surface area contributed by atoms with E-state index in [1.165, 1.54) is 25.3 Å². The summed E-state index contributed by atoms with van der Waals surface area (Å²) in [6, 6.07) is 4.07. The van der Waals surface area contributed by atoms with E-state index in [0.717, 1.165) is 38.8 Å². The van der Waals surface area contributed by atoms with Gasteiger partial charge in [0.05, 0.1) is 18.1 Å². The maximum absolute atomic E-state index is 12.2. The highest BCUT2D eigenvalue weighted by molar-refractivity contribution is 5.78. The van der Waals surface area contributed by atoms with Crippen molar-refractivity contribution >= 4 is 11.6 Å². The van der Waals surface area contributed by atoms with Crippen LogP contribution in [0.15, 0.2) is 18.2 Å². The van der Waals surface area contributed by atoms with Crippen LogP contribution in [-0.2, 0) is 4.79 Å². The largest absolute Gasteiger partial charge is 0.493 e. The minimum atomic E-state index is -0.511. The van der Waals surface area contributed by atoms with Crippen molar-refractivity contribution in [3.8, 4) is 11.5 Å². The van der Waals surface area contributed by atoms with Crippen LogP contribution in [0.1, 0.15) is 25.7 Å². The second-order valence-electron chi connectivity index (χ2n) is 5.18. The molecule has 1 aromatic rings. The summed E-state index contributed by atoms with van der Waals surface area (Å²) in [5.41, 5.74) is -0.0991. The molecule has 0 atom stereocenters. The fourth-order valence-electron chi connectivity index (χ4n) is 2.44. The van der Waals surface area contributed by atoms with E-state index >= 15 is 0 Å². The van der Waals surface area contributed by atoms with E-state index in [9.17, 15) is 14.9 Å². The van der Waals surface area contributed by atoms with Crippen molar-refractivity contribution in [2.45, 2.75) is 25.7 Å². The minimum absolute atomic E-state index is 0.0991. The molecular weight excluding hydrogens is 288 g/mol. The molecule has 1 aliphatic heterocycles. The number of nitro benzene ring substituents is 1. The topological polar surface area (TPSA) is 81.9 Å². The average molecular weight is 308 g/mol. The lowest BCUT2D eigenvalue weighted by molar-refractivity contribution is -0.385. The summed E-state index contributed by atoms with van der Waals surface area (Å²) in [5, 5.41) is 10.8. The van der Waals surface area contributed by atoms with Crippen molar-refractivity contribution in [2.75, 3.05) is 26.8 Å². The average Bonchev–Trinajstić information content (AvgIpc) is 2.81. The monoisotopic (exact) mass is 308 g/mol. The van der Waals surface area contributed by atoms with Crippen LogP contribution in [0.25, 0.3) is 0 Å². The molecule has 0 spiro atoms. The van der Waals surface area contributed by atoms with Crippen LogP contribution < -0.4 is 9.47 Å². The quantitative estimate of drug-likeness (QED) is 0.616. The molecule has 0 unspecified atom stereocenters. The Morgan fingerprint density at radius 2 is 1.91 bits per heavy atom. The zero-order valence-corrected chi connectivity index (χ0v) is 12.6. The second-order valence-corrected chi connectivity index (χ2v) is 5.18. The smallest absolute Gasteiger partial charge is 0.273 e. The number of hydrogen-bond donors (Lipinski definition) is 0. The lowest BCUT2D eigenvalue weighted by atomic mass is 10.2. The van der Waals surface area contributed by atoms with Gasteiger partial charge in [-0.05, 0) is 18.9 Å². The molecule has 0 bridgehead atoms. The van der Waals surface area contributed by atoms with E-state index in [0.29, 0.717) is 5.75 Å². The number of non-ortho nitro benzene ring substituents is 1. The third-order valence-corrected chi connectivity index (χ3v) is 3.67. The van der Waals surface area contributed by atoms with Crippen LogP contribution in [0.2, 0.25) is 0 Å². The number of amides is 1. The molecule has 0 aliphatic carbocycles. The minimum Gasteiger partial charge on any atom is -0.493 e. The van der Waals surface area contributed by atoms with Crippen LogP contribution >= 0.6 is 0 Å². The Labute approximate surface area is 129 Å². The standard InChI is InChI=1S/C15H20N2O5/c1-21-13-7-6-12(17(19)20)10-14(13)22-11-15(18)16-8-4-2-3-5-9-16/h6-7,10H,2-5,8-9,11H2,1H3. The van der Waals surface area contributed by atoms with Crippen molar-refractivity contribution < 1.29 is 19.2 Å². The first-order valence-electron chi connectivity index (χ1n) is 7.35. The number of ether oxygens (including phenoxy) is 2. The highest BCUT2D eigenvalue weighted by Gasteiger charge is 2.18. The van der Waals surface area contributed by atoms with Gasteiger partial charge in [-0.3, -0.25) is 14.9 Å². The number of likely N-dealkylation sites (tertiary alicyclic amines) is 1. The molecule has 0 radical (unpaired) electrons. The molecule has 2 rings (SSSR count). The molecule has 0 saturated carbocycles. The Kier molecular flexibility index (Phi) is 5.57. The summed E-state index contributed by atoms with van der Waals surface area (Å²) >= 11 is 0. The first-order chi connectivity index (χ1) is 10.6. The summed E-state index contributed by atoms with van der Waals surface area (Å²) in [6.07, 6.45) is 4.30. The van der Waals surface area contributed by atoms with Gasteiger partial charge in [-0.2, -0.15) is 0 Å². The third kappa shape index (κ3) is 4.09. The molecule has 1 aliphatic rings. The number of nitrogens with zero attached hydrogens (tertiary/aromatic N) is 2. The Hall–Kier alpha value is -2.31. The molecule has 1 aromatic carbocycles. The van der Waals surface area contributed by atoms with Gasteiger partial charge in [0.1, 0.15) is 0 Å². The van der Waals surface area contributed by atoms with E-state index in [1.54, 1.807) is 4.90 Å². The number of hydrogen-bond acceptors (Lipinski definition) is 5. The second kappa shape index (κ2) is 7.63. The van der Waals surface area contributed by atoms with Crippen molar-refractivity contribution in [1.29, 1.82) is 0 Å². The molecule has 1 heterocycles. The van der Waals surface area contributed by atoms with Crippen molar-refractivity contribution in [2.24, 2.45) is 0 Å². The van der Waals surface area contributed by atoms with Gasteiger partial charge in [0, 0.05) is 19.2 Å². The third-order valence-electron chi connectivity index (χ3n) is 3.67. The Morgan fingerprint density at radius 1 is 1.23 bits per heavy atom. The maximum Gasteiger partial charge on any atom is 0.273 e. The first-order valence-corrected chi connectivity index (χ1v) is 7.35. The van der Waals surface area contributed by atoms with Gasteiger partial charge < -0.3 is 14.4 Å². The van der Waals surface area contributed by atoms with Gasteiger partial charge in [-0.1, -0.05) is 12.8 Å². The first kappa shape index (κ1) is 16.1. The summed E-state index contributed by atoms with van der Waals surface area (Å²) in [7, 11) is 1.45. The van der Waals surface area contributed by atoms with Crippen molar-refractivity contribution in [3.63, 3.8) is 0 Å². The van der Waals surface area contributed by atoms with Gasteiger partial charge >= 0.3 is 0 Å². The van der Waals surface area contributed by atoms with E-state index in [1.807, 2.05) is 0 Å². The zero-order chi connectivity index (χ0) is 15.9. The summed E-state index contributed by atoms with van der Waals surface area (Å²) in [5.74, 6) is 0.476. The fraction of sp³-hybridized carbons (Fsp3) is 0.533. The number of rotatable bonds is 5. The highest BCUT2D eigenvalue weighted by atomic mass is 16.6. The molecule has 0 aromatic heterocycles. The lowest BCUT2D eigenvalue weighted by Crippen LogP contribution is -2.35. The number of nitro groups is 1. The number of methoxy groups -OCH3 is 1. The molecule has 1 amide bonds. The molecule has 7 nitrogen and oxygen atoms in total. The van der Waals surface area contributed by atoms with Gasteiger partial charge in [0.25, 0.3) is 11.6 Å². The maximum atomic E-state index is 12.2. The molecule has 120 valence electrons. The van der Waals surface area contributed by atoms with E-state index < -0.39 is 4.92 Å². The Morgan fingerprint density at radius 3 is 2.50 bits per heavy atom. The molecule has 7 heteroatoms. The molecule has 22 heavy (non-hydrogen) atoms. The van der Waals surface area contributed by atoms with Gasteiger partial charge in [-0.25, -0.2) is 0 Å². The van der Waals surface area contributed by atoms with E-state index in [2.05, 4.69) is 0 Å². The lowest BCUT2D eigenvalue weighted by Gasteiger charge is -2.20. The van der Waals surface area contributed by atoms with Crippen LogP contribution in [-0.4, -0.2) is 42.5 Å². The molecule has 1 saturated heterocycles. The van der Waals surface area contributed by atoms with E-state index in [4.69, 9.17) is 9.47 Å². The van der Waals surface area contributed by atoms with Gasteiger partial charge in [0.15, 0.2) is 18.1 Å². The van der Waals surface area contributed by atoms with E-state index in [-0.39, 0.29) is 24.0 Å². The van der Waals surface area contributed by atoms with Crippen LogP contribution in [0.5, 0.6) is 11.5 Å². The van der Waals surface area contributed by atoms with Crippen molar-refractivity contribution in [1.82, 2.24) is 4.90 Å². The molecule has 1 fully saturated rings. The SMILES string of the molecule is COc1ccc([N+](=O)[O-])cc1OCC(=O)N1CCCCCC1. The molecule has 0 N–H and O–H groups in total. The van der Waals surface area contributed by atoms with Crippen LogP contribution in [0.3, 0.4) is 0 Å². The predicted octanol–water partition coefficient (Wildman–Crippen LogP) is 2.38. The van der Waals surface area contributed by atoms with Crippen LogP contribution in [0.4, 0.5) is 5.69 Å². The van der Waals surface area contributed by atoms with Gasteiger partial charge in [0.2, 0.25) is 0 Å². The van der Waals surface area contributed by atoms with Crippen molar-refractivity contribution in [3.05, 3.63) is 28.3 Å². The highest BCUT2D eigenvalue weighted by Crippen LogP contribution is 2.31. The van der Waals surface area contributed by atoms with Gasteiger partial charge in [-0.15, -0.1) is 0 Å². The number of benzene rings is 1.